The molecule has 0 saturated carbocycles. The number of likely N-dealkylation sites (tertiary alicyclic amines) is 1. The Labute approximate surface area is 147 Å². The fourth-order valence-corrected chi connectivity index (χ4v) is 3.76. The molecule has 1 aliphatic heterocycles. The van der Waals surface area contributed by atoms with E-state index >= 15 is 0 Å². The largest absolute Gasteiger partial charge is 0.336 e. The second kappa shape index (κ2) is 6.70. The minimum absolute atomic E-state index is 0.170. The van der Waals surface area contributed by atoms with E-state index in [-0.39, 0.29) is 11.9 Å². The van der Waals surface area contributed by atoms with Gasteiger partial charge in [-0.2, -0.15) is 5.10 Å². The van der Waals surface area contributed by atoms with E-state index in [9.17, 15) is 4.79 Å². The first kappa shape index (κ1) is 15.9. The van der Waals surface area contributed by atoms with Crippen molar-refractivity contribution in [3.05, 3.63) is 48.5 Å². The molecular formula is C19H23N5O. The number of rotatable bonds is 4. The predicted octanol–water partition coefficient (Wildman–Crippen LogP) is 2.62. The van der Waals surface area contributed by atoms with Crippen molar-refractivity contribution < 1.29 is 4.79 Å². The first-order chi connectivity index (χ1) is 12.2. The van der Waals surface area contributed by atoms with E-state index < -0.39 is 0 Å². The summed E-state index contributed by atoms with van der Waals surface area (Å²) in [5, 5.41) is 4.30. The minimum atomic E-state index is 0.170. The van der Waals surface area contributed by atoms with Crippen LogP contribution in [0.4, 0.5) is 0 Å². The number of hydrogen-bond acceptors (Lipinski definition) is 3. The van der Waals surface area contributed by atoms with Gasteiger partial charge >= 0.3 is 0 Å². The molecule has 6 heteroatoms. The summed E-state index contributed by atoms with van der Waals surface area (Å²) in [5.74, 6) is 1.05. The molecule has 0 unspecified atom stereocenters. The molecule has 1 saturated heterocycles. The first-order valence-electron chi connectivity index (χ1n) is 8.91. The lowest BCUT2D eigenvalue weighted by atomic mass is 10.0. The zero-order chi connectivity index (χ0) is 17.2. The molecule has 0 aliphatic carbocycles. The van der Waals surface area contributed by atoms with Crippen LogP contribution in [0.2, 0.25) is 0 Å². The molecule has 0 spiro atoms. The Morgan fingerprint density at radius 2 is 2.12 bits per heavy atom. The van der Waals surface area contributed by atoms with Crippen LogP contribution in [-0.4, -0.2) is 42.7 Å². The number of para-hydroxylation sites is 2. The number of aryl methyl sites for hydroxylation is 1. The van der Waals surface area contributed by atoms with Crippen molar-refractivity contribution in [2.24, 2.45) is 0 Å². The molecule has 25 heavy (non-hydrogen) atoms. The lowest BCUT2D eigenvalue weighted by Crippen LogP contribution is -2.47. The number of piperidine rings is 1. The third-order valence-corrected chi connectivity index (χ3v) is 5.04. The summed E-state index contributed by atoms with van der Waals surface area (Å²) >= 11 is 0. The van der Waals surface area contributed by atoms with Gasteiger partial charge in [0.1, 0.15) is 12.4 Å². The number of fused-ring (bicyclic) bond motifs is 1. The zero-order valence-electron chi connectivity index (χ0n) is 14.5. The summed E-state index contributed by atoms with van der Waals surface area (Å²) in [6.45, 7) is 3.91. The molecule has 1 atom stereocenters. The van der Waals surface area contributed by atoms with E-state index in [2.05, 4.69) is 10.1 Å². The molecule has 1 fully saturated rings. The molecule has 130 valence electrons. The Morgan fingerprint density at radius 3 is 2.96 bits per heavy atom. The summed E-state index contributed by atoms with van der Waals surface area (Å²) in [5.41, 5.74) is 1.97. The third-order valence-electron chi connectivity index (χ3n) is 5.04. The maximum Gasteiger partial charge on any atom is 0.242 e. The number of carbonyl (C=O) groups is 1. The standard InChI is InChI=1S/C19H23N5O/c1-15-21-17-8-2-3-9-18(17)24(15)14-19(25)23-12-5-4-7-16(23)13-22-11-6-10-20-22/h2-3,6,8-11,16H,4-5,7,12-14H2,1H3/t16-/m1/s1. The highest BCUT2D eigenvalue weighted by atomic mass is 16.2. The number of benzene rings is 1. The van der Waals surface area contributed by atoms with Crippen LogP contribution in [0.5, 0.6) is 0 Å². The molecule has 1 aromatic carbocycles. The number of carbonyl (C=O) groups excluding carboxylic acids is 1. The molecule has 0 radical (unpaired) electrons. The van der Waals surface area contributed by atoms with Crippen LogP contribution < -0.4 is 0 Å². The van der Waals surface area contributed by atoms with Crippen molar-refractivity contribution in [3.8, 4) is 0 Å². The molecule has 3 heterocycles. The fourth-order valence-electron chi connectivity index (χ4n) is 3.76. The fraction of sp³-hybridized carbons (Fsp3) is 0.421. The van der Waals surface area contributed by atoms with Crippen LogP contribution in [0.3, 0.4) is 0 Å². The van der Waals surface area contributed by atoms with Gasteiger partial charge in [-0.05, 0) is 44.4 Å². The highest BCUT2D eigenvalue weighted by Crippen LogP contribution is 2.21. The summed E-state index contributed by atoms with van der Waals surface area (Å²) in [7, 11) is 0. The molecule has 1 amide bonds. The van der Waals surface area contributed by atoms with Gasteiger partial charge in [0.05, 0.1) is 23.6 Å². The van der Waals surface area contributed by atoms with Crippen LogP contribution in [0.25, 0.3) is 11.0 Å². The maximum atomic E-state index is 13.0. The highest BCUT2D eigenvalue weighted by Gasteiger charge is 2.27. The van der Waals surface area contributed by atoms with Crippen molar-refractivity contribution in [1.29, 1.82) is 0 Å². The Hall–Kier alpha value is -2.63. The van der Waals surface area contributed by atoms with Crippen LogP contribution in [0, 0.1) is 6.92 Å². The topological polar surface area (TPSA) is 56.0 Å². The molecular weight excluding hydrogens is 314 g/mol. The number of imidazole rings is 1. The van der Waals surface area contributed by atoms with Crippen LogP contribution in [0.1, 0.15) is 25.1 Å². The van der Waals surface area contributed by atoms with Crippen molar-refractivity contribution in [1.82, 2.24) is 24.2 Å². The van der Waals surface area contributed by atoms with Gasteiger partial charge in [0.25, 0.3) is 0 Å². The van der Waals surface area contributed by atoms with Crippen molar-refractivity contribution in [2.45, 2.75) is 45.3 Å². The van der Waals surface area contributed by atoms with E-state index in [4.69, 9.17) is 0 Å². The molecule has 6 nitrogen and oxygen atoms in total. The van der Waals surface area contributed by atoms with E-state index in [0.717, 1.165) is 42.8 Å². The average Bonchev–Trinajstić information content (AvgIpc) is 3.24. The molecule has 3 aromatic rings. The van der Waals surface area contributed by atoms with Gasteiger partial charge in [-0.3, -0.25) is 9.48 Å². The van der Waals surface area contributed by atoms with E-state index in [1.807, 2.05) is 57.6 Å². The maximum absolute atomic E-state index is 13.0. The number of amides is 1. The van der Waals surface area contributed by atoms with Crippen molar-refractivity contribution in [2.75, 3.05) is 6.54 Å². The van der Waals surface area contributed by atoms with Crippen LogP contribution >= 0.6 is 0 Å². The number of aromatic nitrogens is 4. The van der Waals surface area contributed by atoms with E-state index in [0.29, 0.717) is 6.54 Å². The molecule has 1 aliphatic rings. The Morgan fingerprint density at radius 1 is 1.24 bits per heavy atom. The SMILES string of the molecule is Cc1nc2ccccc2n1CC(=O)N1CCCC[C@@H]1Cn1cccn1. The van der Waals surface area contributed by atoms with Gasteiger partial charge in [0.15, 0.2) is 0 Å². The van der Waals surface area contributed by atoms with Gasteiger partial charge < -0.3 is 9.47 Å². The average molecular weight is 337 g/mol. The van der Waals surface area contributed by atoms with E-state index in [1.165, 1.54) is 6.42 Å². The minimum Gasteiger partial charge on any atom is -0.336 e. The van der Waals surface area contributed by atoms with Gasteiger partial charge in [0.2, 0.25) is 5.91 Å². The molecule has 2 aromatic heterocycles. The zero-order valence-corrected chi connectivity index (χ0v) is 14.5. The lowest BCUT2D eigenvalue weighted by molar-refractivity contribution is -0.135. The molecule has 0 N–H and O–H groups in total. The smallest absolute Gasteiger partial charge is 0.242 e. The van der Waals surface area contributed by atoms with Crippen LogP contribution in [-0.2, 0) is 17.9 Å². The Bertz CT molecular complexity index is 867. The van der Waals surface area contributed by atoms with Gasteiger partial charge in [0, 0.05) is 18.9 Å². The molecule has 0 bridgehead atoms. The first-order valence-corrected chi connectivity index (χ1v) is 8.91. The third kappa shape index (κ3) is 3.16. The summed E-state index contributed by atoms with van der Waals surface area (Å²) in [4.78, 5) is 19.7. The Balaban J connectivity index is 1.55. The highest BCUT2D eigenvalue weighted by molar-refractivity contribution is 5.81. The number of hydrogen-bond donors (Lipinski definition) is 0. The summed E-state index contributed by atoms with van der Waals surface area (Å²) in [6, 6.07) is 10.1. The normalized spacial score (nSPS) is 18.0. The monoisotopic (exact) mass is 337 g/mol. The van der Waals surface area contributed by atoms with Gasteiger partial charge in [-0.25, -0.2) is 4.98 Å². The van der Waals surface area contributed by atoms with E-state index in [1.54, 1.807) is 6.20 Å². The lowest BCUT2D eigenvalue weighted by Gasteiger charge is -2.36. The molecule has 4 rings (SSSR count). The van der Waals surface area contributed by atoms with Crippen LogP contribution in [0.15, 0.2) is 42.7 Å². The Kier molecular flexibility index (Phi) is 4.26. The predicted molar refractivity (Wildman–Crippen MR) is 96.0 cm³/mol. The second-order valence-electron chi connectivity index (χ2n) is 6.70. The van der Waals surface area contributed by atoms with Gasteiger partial charge in [-0.15, -0.1) is 0 Å². The quantitative estimate of drug-likeness (QED) is 0.735. The number of nitrogens with zero attached hydrogens (tertiary/aromatic N) is 5. The summed E-state index contributed by atoms with van der Waals surface area (Å²) < 4.78 is 3.95. The van der Waals surface area contributed by atoms with Gasteiger partial charge in [-0.1, -0.05) is 12.1 Å². The summed E-state index contributed by atoms with van der Waals surface area (Å²) in [6.07, 6.45) is 7.03. The second-order valence-corrected chi connectivity index (χ2v) is 6.70. The van der Waals surface area contributed by atoms with Crippen molar-refractivity contribution in [3.63, 3.8) is 0 Å². The van der Waals surface area contributed by atoms with Crippen molar-refractivity contribution >= 4 is 16.9 Å².